The summed E-state index contributed by atoms with van der Waals surface area (Å²) < 4.78 is 0.878. The summed E-state index contributed by atoms with van der Waals surface area (Å²) >= 11 is 4.99. The molecule has 0 bridgehead atoms. The Balaban J connectivity index is 2.09. The molecule has 0 radical (unpaired) electrons. The van der Waals surface area contributed by atoms with E-state index in [9.17, 15) is 0 Å². The van der Waals surface area contributed by atoms with Gasteiger partial charge in [-0.25, -0.2) is 0 Å². The van der Waals surface area contributed by atoms with Crippen molar-refractivity contribution < 1.29 is 0 Å². The average molecular weight is 290 g/mol. The number of nitrogens with zero attached hydrogens (tertiary/aromatic N) is 3. The minimum absolute atomic E-state index is 0.512. The van der Waals surface area contributed by atoms with Gasteiger partial charge >= 0.3 is 0 Å². The molecule has 84 valence electrons. The van der Waals surface area contributed by atoms with E-state index in [4.69, 9.17) is 0 Å². The molecule has 3 nitrogen and oxygen atoms in total. The molecule has 1 aliphatic rings. The third kappa shape index (κ3) is 2.18. The van der Waals surface area contributed by atoms with Crippen molar-refractivity contribution in [2.45, 2.75) is 33.1 Å². The summed E-state index contributed by atoms with van der Waals surface area (Å²) in [6.45, 7) is 6.86. The first-order valence-electron chi connectivity index (χ1n) is 5.43. The van der Waals surface area contributed by atoms with Gasteiger partial charge in [-0.15, -0.1) is 10.2 Å². The number of anilines is 1. The quantitative estimate of drug-likeness (QED) is 0.855. The molecule has 1 aromatic rings. The van der Waals surface area contributed by atoms with Crippen LogP contribution in [0.15, 0.2) is 3.92 Å². The molecule has 0 N–H and O–H groups in total. The van der Waals surface area contributed by atoms with Crippen LogP contribution in [0.25, 0.3) is 0 Å². The van der Waals surface area contributed by atoms with Crippen LogP contribution in [0, 0.1) is 5.41 Å². The van der Waals surface area contributed by atoms with Crippen LogP contribution >= 0.6 is 27.3 Å². The normalized spacial score (nSPS) is 19.8. The molecule has 0 aliphatic carbocycles. The second kappa shape index (κ2) is 4.37. The number of aromatic nitrogens is 2. The zero-order valence-corrected chi connectivity index (χ0v) is 11.6. The van der Waals surface area contributed by atoms with Crippen LogP contribution in [0.5, 0.6) is 0 Å². The molecule has 2 heterocycles. The molecule has 1 aromatic heterocycles. The van der Waals surface area contributed by atoms with Crippen molar-refractivity contribution in [3.63, 3.8) is 0 Å². The second-order valence-corrected chi connectivity index (χ2v) is 6.45. The molecule has 0 saturated carbocycles. The lowest BCUT2D eigenvalue weighted by molar-refractivity contribution is 0.301. The number of hydrogen-bond acceptors (Lipinski definition) is 4. The van der Waals surface area contributed by atoms with Crippen LogP contribution in [-0.2, 0) is 0 Å². The van der Waals surface area contributed by atoms with E-state index in [1.165, 1.54) is 19.3 Å². The highest BCUT2D eigenvalue weighted by molar-refractivity contribution is 9.11. The fourth-order valence-electron chi connectivity index (χ4n) is 2.25. The van der Waals surface area contributed by atoms with Crippen LogP contribution in [0.2, 0.25) is 0 Å². The first kappa shape index (κ1) is 11.3. The zero-order valence-electron chi connectivity index (χ0n) is 9.16. The summed E-state index contributed by atoms with van der Waals surface area (Å²) in [5, 5.41) is 9.24. The van der Waals surface area contributed by atoms with Crippen molar-refractivity contribution >= 4 is 32.4 Å². The van der Waals surface area contributed by atoms with Crippen molar-refractivity contribution in [2.75, 3.05) is 18.0 Å². The van der Waals surface area contributed by atoms with E-state index >= 15 is 0 Å². The van der Waals surface area contributed by atoms with Gasteiger partial charge in [-0.05, 0) is 40.6 Å². The van der Waals surface area contributed by atoms with Gasteiger partial charge in [0.15, 0.2) is 3.92 Å². The maximum absolute atomic E-state index is 4.18. The summed E-state index contributed by atoms with van der Waals surface area (Å²) in [5.74, 6) is 0. The number of hydrogen-bond donors (Lipinski definition) is 0. The summed E-state index contributed by atoms with van der Waals surface area (Å²) in [5.41, 5.74) is 0.512. The Morgan fingerprint density at radius 2 is 2.13 bits per heavy atom. The fraction of sp³-hybridized carbons (Fsp3) is 0.800. The summed E-state index contributed by atoms with van der Waals surface area (Å²) in [4.78, 5) is 2.37. The molecular weight excluding hydrogens is 274 g/mol. The fourth-order valence-corrected chi connectivity index (χ4v) is 3.36. The summed E-state index contributed by atoms with van der Waals surface area (Å²) in [6.07, 6.45) is 3.82. The molecule has 0 spiro atoms. The van der Waals surface area contributed by atoms with Gasteiger partial charge in [-0.3, -0.25) is 0 Å². The van der Waals surface area contributed by atoms with Gasteiger partial charge in [0, 0.05) is 13.1 Å². The summed E-state index contributed by atoms with van der Waals surface area (Å²) in [7, 11) is 0. The molecule has 2 rings (SSSR count). The highest BCUT2D eigenvalue weighted by atomic mass is 79.9. The Morgan fingerprint density at radius 1 is 1.40 bits per heavy atom. The average Bonchev–Trinajstić information content (AvgIpc) is 2.84. The van der Waals surface area contributed by atoms with Crippen molar-refractivity contribution in [2.24, 2.45) is 5.41 Å². The molecule has 0 aromatic carbocycles. The predicted octanol–water partition coefficient (Wildman–Crippen LogP) is 3.32. The van der Waals surface area contributed by atoms with Crippen molar-refractivity contribution in [3.8, 4) is 0 Å². The lowest BCUT2D eigenvalue weighted by Gasteiger charge is -2.25. The smallest absolute Gasteiger partial charge is 0.209 e. The SMILES string of the molecule is CCC1(CC)CCN(c2nnc(Br)s2)C1. The molecule has 5 heteroatoms. The molecule has 1 saturated heterocycles. The molecule has 0 amide bonds. The second-order valence-electron chi connectivity index (χ2n) is 4.22. The standard InChI is InChI=1S/C10H16BrN3S/c1-3-10(4-2)5-6-14(7-10)9-13-12-8(11)15-9/h3-7H2,1-2H3. The highest BCUT2D eigenvalue weighted by Crippen LogP contribution is 2.39. The summed E-state index contributed by atoms with van der Waals surface area (Å²) in [6, 6.07) is 0. The first-order chi connectivity index (χ1) is 7.19. The Bertz CT molecular complexity index is 335. The Hall–Kier alpha value is -0.160. The van der Waals surface area contributed by atoms with Gasteiger partial charge in [-0.1, -0.05) is 25.2 Å². The zero-order chi connectivity index (χ0) is 10.9. The van der Waals surface area contributed by atoms with Gasteiger partial charge in [-0.2, -0.15) is 0 Å². The van der Waals surface area contributed by atoms with E-state index in [1.807, 2.05) is 0 Å². The largest absolute Gasteiger partial charge is 0.346 e. The third-order valence-electron chi connectivity index (χ3n) is 3.60. The maximum atomic E-state index is 4.18. The molecular formula is C10H16BrN3S. The van der Waals surface area contributed by atoms with Gasteiger partial charge in [0.05, 0.1) is 0 Å². The predicted molar refractivity (Wildman–Crippen MR) is 67.5 cm³/mol. The monoisotopic (exact) mass is 289 g/mol. The van der Waals surface area contributed by atoms with Gasteiger partial charge in [0.1, 0.15) is 0 Å². The van der Waals surface area contributed by atoms with Crippen molar-refractivity contribution in [3.05, 3.63) is 3.92 Å². The van der Waals surface area contributed by atoms with Crippen LogP contribution in [0.3, 0.4) is 0 Å². The van der Waals surface area contributed by atoms with Gasteiger partial charge in [0.2, 0.25) is 5.13 Å². The molecule has 1 fully saturated rings. The van der Waals surface area contributed by atoms with Gasteiger partial charge < -0.3 is 4.90 Å². The number of halogens is 1. The molecule has 0 unspecified atom stereocenters. The maximum Gasteiger partial charge on any atom is 0.209 e. The van der Waals surface area contributed by atoms with E-state index in [0.29, 0.717) is 5.41 Å². The van der Waals surface area contributed by atoms with E-state index in [0.717, 1.165) is 22.1 Å². The Morgan fingerprint density at radius 3 is 2.60 bits per heavy atom. The first-order valence-corrected chi connectivity index (χ1v) is 7.04. The van der Waals surface area contributed by atoms with Crippen LogP contribution in [-0.4, -0.2) is 23.3 Å². The molecule has 0 atom stereocenters. The van der Waals surface area contributed by atoms with Crippen LogP contribution in [0.1, 0.15) is 33.1 Å². The van der Waals surface area contributed by atoms with Crippen LogP contribution < -0.4 is 4.90 Å². The highest BCUT2D eigenvalue weighted by Gasteiger charge is 2.36. The van der Waals surface area contributed by atoms with E-state index < -0.39 is 0 Å². The van der Waals surface area contributed by atoms with E-state index in [2.05, 4.69) is 44.9 Å². The molecule has 1 aliphatic heterocycles. The lowest BCUT2D eigenvalue weighted by atomic mass is 9.82. The topological polar surface area (TPSA) is 29.0 Å². The minimum Gasteiger partial charge on any atom is -0.346 e. The lowest BCUT2D eigenvalue weighted by Crippen LogP contribution is -2.25. The molecule has 15 heavy (non-hydrogen) atoms. The Labute approximate surface area is 103 Å². The van der Waals surface area contributed by atoms with Crippen molar-refractivity contribution in [1.29, 1.82) is 0 Å². The van der Waals surface area contributed by atoms with Crippen LogP contribution in [0.4, 0.5) is 5.13 Å². The number of rotatable bonds is 3. The van der Waals surface area contributed by atoms with Gasteiger partial charge in [0.25, 0.3) is 0 Å². The Kier molecular flexibility index (Phi) is 3.30. The van der Waals surface area contributed by atoms with Crippen molar-refractivity contribution in [1.82, 2.24) is 10.2 Å². The van der Waals surface area contributed by atoms with E-state index in [1.54, 1.807) is 11.3 Å². The third-order valence-corrected chi connectivity index (χ3v) is 5.02. The minimum atomic E-state index is 0.512. The van der Waals surface area contributed by atoms with E-state index in [-0.39, 0.29) is 0 Å².